The Morgan fingerprint density at radius 3 is 2.52 bits per heavy atom. The molecule has 31 heavy (non-hydrogen) atoms. The first-order valence-corrected chi connectivity index (χ1v) is 9.76. The van der Waals surface area contributed by atoms with Crippen LogP contribution in [0.3, 0.4) is 0 Å². The van der Waals surface area contributed by atoms with Gasteiger partial charge in [0.1, 0.15) is 5.69 Å². The van der Waals surface area contributed by atoms with Crippen molar-refractivity contribution < 1.29 is 22.7 Å². The molecule has 1 aliphatic rings. The van der Waals surface area contributed by atoms with Crippen molar-refractivity contribution in [1.82, 2.24) is 19.7 Å². The van der Waals surface area contributed by atoms with Crippen molar-refractivity contribution >= 4 is 5.91 Å². The predicted molar refractivity (Wildman–Crippen MR) is 107 cm³/mol. The van der Waals surface area contributed by atoms with Gasteiger partial charge in [-0.2, -0.15) is 5.10 Å². The van der Waals surface area contributed by atoms with Gasteiger partial charge in [-0.1, -0.05) is 6.07 Å². The fourth-order valence-electron chi connectivity index (χ4n) is 4.05. The van der Waals surface area contributed by atoms with Gasteiger partial charge in [0.2, 0.25) is 5.88 Å². The van der Waals surface area contributed by atoms with Gasteiger partial charge in [0, 0.05) is 30.8 Å². The van der Waals surface area contributed by atoms with Crippen LogP contribution in [0, 0.1) is 24.4 Å². The zero-order valence-corrected chi connectivity index (χ0v) is 17.5. The fraction of sp³-hybridized carbons (Fsp3) is 0.318. The quantitative estimate of drug-likeness (QED) is 0.590. The molecule has 1 aromatic carbocycles. The Morgan fingerprint density at radius 2 is 1.87 bits per heavy atom. The summed E-state index contributed by atoms with van der Waals surface area (Å²) in [5.74, 6) is -3.93. The average Bonchev–Trinajstić information content (AvgIpc) is 3.08. The SMILES string of the molecule is COc1ccc(C)c(C(=O)N2CCc3c(nn(C)c3-c3cc(F)c(F)c(F)c3)[C@@H]2C)n1. The minimum Gasteiger partial charge on any atom is -0.481 e. The van der Waals surface area contributed by atoms with E-state index in [2.05, 4.69) is 10.1 Å². The standard InChI is InChI=1S/C22H21F3N4O2/c1-11-5-6-17(31-4)26-19(11)22(30)29-8-7-14-20(12(29)2)27-28(3)21(14)13-9-15(23)18(25)16(24)10-13/h5-6,9-10,12H,7-8H2,1-4H3/t12-/m0/s1. The van der Waals surface area contributed by atoms with E-state index >= 15 is 0 Å². The molecule has 0 bridgehead atoms. The zero-order chi connectivity index (χ0) is 22.4. The second-order valence-electron chi connectivity index (χ2n) is 7.53. The van der Waals surface area contributed by atoms with Crippen LogP contribution in [-0.2, 0) is 13.5 Å². The van der Waals surface area contributed by atoms with Gasteiger partial charge < -0.3 is 9.64 Å². The smallest absolute Gasteiger partial charge is 0.273 e. The van der Waals surface area contributed by atoms with Gasteiger partial charge in [-0.25, -0.2) is 18.2 Å². The Bertz CT molecular complexity index is 1170. The third kappa shape index (κ3) is 3.43. The van der Waals surface area contributed by atoms with Crippen molar-refractivity contribution in [1.29, 1.82) is 0 Å². The molecule has 0 aliphatic carbocycles. The number of carbonyl (C=O) groups is 1. The highest BCUT2D eigenvalue weighted by Crippen LogP contribution is 2.37. The van der Waals surface area contributed by atoms with E-state index in [0.717, 1.165) is 23.3 Å². The van der Waals surface area contributed by atoms with E-state index in [9.17, 15) is 18.0 Å². The number of halogens is 3. The first kappa shape index (κ1) is 20.9. The number of rotatable bonds is 3. The lowest BCUT2D eigenvalue weighted by atomic mass is 9.95. The van der Waals surface area contributed by atoms with E-state index in [4.69, 9.17) is 4.74 Å². The molecule has 9 heteroatoms. The molecule has 2 aromatic heterocycles. The summed E-state index contributed by atoms with van der Waals surface area (Å²) < 4.78 is 47.7. The summed E-state index contributed by atoms with van der Waals surface area (Å²) >= 11 is 0. The summed E-state index contributed by atoms with van der Waals surface area (Å²) in [6.07, 6.45) is 0.429. The number of hydrogen-bond donors (Lipinski definition) is 0. The number of carbonyl (C=O) groups excluding carboxylic acids is 1. The van der Waals surface area contributed by atoms with Crippen LogP contribution in [0.5, 0.6) is 5.88 Å². The molecule has 3 heterocycles. The number of nitrogens with zero attached hydrogens (tertiary/aromatic N) is 4. The van der Waals surface area contributed by atoms with Crippen LogP contribution in [0.25, 0.3) is 11.3 Å². The van der Waals surface area contributed by atoms with Crippen molar-refractivity contribution in [2.75, 3.05) is 13.7 Å². The van der Waals surface area contributed by atoms with E-state index in [0.29, 0.717) is 35.9 Å². The van der Waals surface area contributed by atoms with Gasteiger partial charge >= 0.3 is 0 Å². The van der Waals surface area contributed by atoms with E-state index in [-0.39, 0.29) is 11.5 Å². The molecule has 0 saturated heterocycles. The fourth-order valence-corrected chi connectivity index (χ4v) is 4.05. The van der Waals surface area contributed by atoms with E-state index < -0.39 is 23.5 Å². The topological polar surface area (TPSA) is 60.2 Å². The first-order chi connectivity index (χ1) is 14.7. The highest BCUT2D eigenvalue weighted by atomic mass is 19.2. The van der Waals surface area contributed by atoms with Crippen molar-refractivity contribution in [3.63, 3.8) is 0 Å². The van der Waals surface area contributed by atoms with Crippen LogP contribution in [0.4, 0.5) is 13.2 Å². The van der Waals surface area contributed by atoms with Crippen molar-refractivity contribution in [3.05, 3.63) is 64.2 Å². The Hall–Kier alpha value is -3.36. The minimum absolute atomic E-state index is 0.199. The molecule has 1 aliphatic heterocycles. The molecule has 1 atom stereocenters. The molecule has 0 spiro atoms. The Morgan fingerprint density at radius 1 is 1.19 bits per heavy atom. The molecule has 0 fully saturated rings. The lowest BCUT2D eigenvalue weighted by Gasteiger charge is -2.33. The number of benzene rings is 1. The monoisotopic (exact) mass is 430 g/mol. The lowest BCUT2D eigenvalue weighted by molar-refractivity contribution is 0.0665. The molecular formula is C22H21F3N4O2. The third-order valence-corrected chi connectivity index (χ3v) is 5.64. The summed E-state index contributed by atoms with van der Waals surface area (Å²) in [5, 5.41) is 4.51. The third-order valence-electron chi connectivity index (χ3n) is 5.64. The number of hydrogen-bond acceptors (Lipinski definition) is 4. The number of aryl methyl sites for hydroxylation is 2. The molecular weight excluding hydrogens is 409 g/mol. The molecule has 0 radical (unpaired) electrons. The Labute approximate surface area is 177 Å². The summed E-state index contributed by atoms with van der Waals surface area (Å²) in [7, 11) is 3.14. The summed E-state index contributed by atoms with van der Waals surface area (Å²) in [5.41, 5.74) is 3.13. The molecule has 0 saturated carbocycles. The highest BCUT2D eigenvalue weighted by molar-refractivity contribution is 5.94. The van der Waals surface area contributed by atoms with Crippen molar-refractivity contribution in [2.45, 2.75) is 26.3 Å². The number of pyridine rings is 1. The molecule has 4 rings (SSSR count). The number of methoxy groups -OCH3 is 1. The summed E-state index contributed by atoms with van der Waals surface area (Å²) in [6.45, 7) is 4.01. The van der Waals surface area contributed by atoms with Crippen LogP contribution in [-0.4, -0.2) is 39.2 Å². The minimum atomic E-state index is -1.51. The number of aromatic nitrogens is 3. The van der Waals surface area contributed by atoms with Crippen LogP contribution < -0.4 is 4.74 Å². The van der Waals surface area contributed by atoms with Crippen LogP contribution in [0.1, 0.15) is 40.3 Å². The molecule has 1 amide bonds. The van der Waals surface area contributed by atoms with E-state index in [1.165, 1.54) is 11.8 Å². The summed E-state index contributed by atoms with van der Waals surface area (Å²) in [4.78, 5) is 19.2. The largest absolute Gasteiger partial charge is 0.481 e. The maximum atomic E-state index is 13.8. The Kier molecular flexibility index (Phi) is 5.20. The second-order valence-corrected chi connectivity index (χ2v) is 7.53. The maximum Gasteiger partial charge on any atom is 0.273 e. The Balaban J connectivity index is 1.72. The normalized spacial score (nSPS) is 15.7. The van der Waals surface area contributed by atoms with Gasteiger partial charge in [-0.05, 0) is 38.0 Å². The van der Waals surface area contributed by atoms with E-state index in [1.807, 2.05) is 6.92 Å². The second kappa shape index (κ2) is 7.72. The van der Waals surface area contributed by atoms with Gasteiger partial charge in [-0.3, -0.25) is 9.48 Å². The highest BCUT2D eigenvalue weighted by Gasteiger charge is 2.34. The lowest BCUT2D eigenvalue weighted by Crippen LogP contribution is -2.39. The molecule has 0 N–H and O–H groups in total. The molecule has 6 nitrogen and oxygen atoms in total. The predicted octanol–water partition coefficient (Wildman–Crippen LogP) is 3.98. The van der Waals surface area contributed by atoms with Crippen molar-refractivity contribution in [2.24, 2.45) is 7.05 Å². The number of fused-ring (bicyclic) bond motifs is 1. The van der Waals surface area contributed by atoms with Gasteiger partial charge in [0.05, 0.1) is 24.5 Å². The van der Waals surface area contributed by atoms with Crippen LogP contribution >= 0.6 is 0 Å². The van der Waals surface area contributed by atoms with Gasteiger partial charge in [-0.15, -0.1) is 0 Å². The summed E-state index contributed by atoms with van der Waals surface area (Å²) in [6, 6.07) is 4.99. The first-order valence-electron chi connectivity index (χ1n) is 9.76. The molecule has 0 unspecified atom stereocenters. The number of ether oxygens (including phenoxy) is 1. The van der Waals surface area contributed by atoms with Crippen LogP contribution in [0.15, 0.2) is 24.3 Å². The van der Waals surface area contributed by atoms with E-state index in [1.54, 1.807) is 31.0 Å². The zero-order valence-electron chi connectivity index (χ0n) is 17.5. The maximum absolute atomic E-state index is 13.8. The molecule has 162 valence electrons. The average molecular weight is 430 g/mol. The number of amides is 1. The van der Waals surface area contributed by atoms with Crippen LogP contribution in [0.2, 0.25) is 0 Å². The van der Waals surface area contributed by atoms with Crippen molar-refractivity contribution in [3.8, 4) is 17.1 Å². The van der Waals surface area contributed by atoms with Gasteiger partial charge in [0.25, 0.3) is 5.91 Å². The molecule has 3 aromatic rings. The van der Waals surface area contributed by atoms with Gasteiger partial charge in [0.15, 0.2) is 17.5 Å².